The zero-order valence-electron chi connectivity index (χ0n) is 12.7. The highest BCUT2D eigenvalue weighted by Crippen LogP contribution is 2.38. The zero-order chi connectivity index (χ0) is 14.3. The molecule has 110 valence electrons. The molecule has 1 aliphatic carbocycles. The van der Waals surface area contributed by atoms with E-state index in [2.05, 4.69) is 13.8 Å². The van der Waals surface area contributed by atoms with E-state index in [1.807, 2.05) is 18.9 Å². The SMILES string of the molecule is CN(C(=O)C1(C)COCC1N)C1CCC(C)(C)CC1. The van der Waals surface area contributed by atoms with Gasteiger partial charge in [-0.25, -0.2) is 0 Å². The van der Waals surface area contributed by atoms with Crippen molar-refractivity contribution >= 4 is 5.91 Å². The van der Waals surface area contributed by atoms with E-state index in [1.54, 1.807) is 0 Å². The zero-order valence-corrected chi connectivity index (χ0v) is 12.7. The van der Waals surface area contributed by atoms with Crippen molar-refractivity contribution in [1.82, 2.24) is 4.90 Å². The molecule has 0 aromatic carbocycles. The van der Waals surface area contributed by atoms with Crippen LogP contribution in [0.15, 0.2) is 0 Å². The van der Waals surface area contributed by atoms with Crippen molar-refractivity contribution in [3.8, 4) is 0 Å². The summed E-state index contributed by atoms with van der Waals surface area (Å²) in [5.41, 5.74) is 5.94. The van der Waals surface area contributed by atoms with Crippen molar-refractivity contribution in [1.29, 1.82) is 0 Å². The van der Waals surface area contributed by atoms with Gasteiger partial charge in [0.1, 0.15) is 0 Å². The van der Waals surface area contributed by atoms with E-state index in [1.165, 1.54) is 12.8 Å². The third-order valence-electron chi connectivity index (χ3n) is 5.18. The van der Waals surface area contributed by atoms with Gasteiger partial charge in [-0.1, -0.05) is 13.8 Å². The Morgan fingerprint density at radius 2 is 1.84 bits per heavy atom. The molecule has 2 unspecified atom stereocenters. The number of hydrogen-bond acceptors (Lipinski definition) is 3. The first kappa shape index (κ1) is 14.8. The van der Waals surface area contributed by atoms with Gasteiger partial charge in [-0.15, -0.1) is 0 Å². The van der Waals surface area contributed by atoms with Gasteiger partial charge in [-0.2, -0.15) is 0 Å². The summed E-state index contributed by atoms with van der Waals surface area (Å²) in [5, 5.41) is 0. The van der Waals surface area contributed by atoms with Gasteiger partial charge < -0.3 is 15.4 Å². The van der Waals surface area contributed by atoms with Crippen LogP contribution >= 0.6 is 0 Å². The van der Waals surface area contributed by atoms with Crippen LogP contribution in [0.1, 0.15) is 46.5 Å². The van der Waals surface area contributed by atoms with Gasteiger partial charge in [0.15, 0.2) is 0 Å². The fourth-order valence-electron chi connectivity index (χ4n) is 3.25. The molecule has 2 N–H and O–H groups in total. The minimum absolute atomic E-state index is 0.155. The number of amides is 1. The highest BCUT2D eigenvalue weighted by atomic mass is 16.5. The topological polar surface area (TPSA) is 55.6 Å². The highest BCUT2D eigenvalue weighted by molar-refractivity contribution is 5.83. The first-order valence-electron chi connectivity index (χ1n) is 7.37. The number of carbonyl (C=O) groups is 1. The lowest BCUT2D eigenvalue weighted by molar-refractivity contribution is -0.143. The van der Waals surface area contributed by atoms with Crippen molar-refractivity contribution in [2.75, 3.05) is 20.3 Å². The van der Waals surface area contributed by atoms with E-state index in [0.29, 0.717) is 24.7 Å². The Morgan fingerprint density at radius 1 is 1.26 bits per heavy atom. The molecule has 4 nitrogen and oxygen atoms in total. The smallest absolute Gasteiger partial charge is 0.232 e. The quantitative estimate of drug-likeness (QED) is 0.830. The maximum Gasteiger partial charge on any atom is 0.232 e. The van der Waals surface area contributed by atoms with Crippen LogP contribution in [0.5, 0.6) is 0 Å². The second-order valence-electron chi connectivity index (χ2n) is 7.35. The summed E-state index contributed by atoms with van der Waals surface area (Å²) in [7, 11) is 1.93. The Labute approximate surface area is 116 Å². The number of ether oxygens (including phenoxy) is 1. The van der Waals surface area contributed by atoms with Crippen LogP contribution < -0.4 is 5.73 Å². The Kier molecular flexibility index (Phi) is 3.94. The molecule has 1 aliphatic heterocycles. The number of nitrogens with two attached hydrogens (primary N) is 1. The average molecular weight is 268 g/mol. The third-order valence-corrected chi connectivity index (χ3v) is 5.18. The Hall–Kier alpha value is -0.610. The molecule has 2 aliphatic rings. The van der Waals surface area contributed by atoms with Crippen LogP contribution in [0.3, 0.4) is 0 Å². The minimum Gasteiger partial charge on any atom is -0.379 e. The van der Waals surface area contributed by atoms with Gasteiger partial charge in [0, 0.05) is 19.1 Å². The van der Waals surface area contributed by atoms with E-state index in [4.69, 9.17) is 10.5 Å². The highest BCUT2D eigenvalue weighted by Gasteiger charge is 2.47. The first-order valence-corrected chi connectivity index (χ1v) is 7.37. The van der Waals surface area contributed by atoms with Crippen molar-refractivity contribution in [2.45, 2.75) is 58.5 Å². The molecule has 2 rings (SSSR count). The van der Waals surface area contributed by atoms with Crippen molar-refractivity contribution in [3.05, 3.63) is 0 Å². The lowest BCUT2D eigenvalue weighted by atomic mass is 9.74. The fraction of sp³-hybridized carbons (Fsp3) is 0.933. The second kappa shape index (κ2) is 5.06. The maximum atomic E-state index is 12.7. The molecule has 0 spiro atoms. The van der Waals surface area contributed by atoms with Gasteiger partial charge in [0.05, 0.1) is 18.6 Å². The summed E-state index contributed by atoms with van der Waals surface area (Å²) in [6.07, 6.45) is 4.58. The molecule has 0 aromatic heterocycles. The van der Waals surface area contributed by atoms with Crippen LogP contribution in [0.25, 0.3) is 0 Å². The first-order chi connectivity index (χ1) is 8.76. The Morgan fingerprint density at radius 3 is 2.32 bits per heavy atom. The molecule has 1 saturated carbocycles. The molecule has 19 heavy (non-hydrogen) atoms. The van der Waals surface area contributed by atoms with Crippen LogP contribution in [-0.4, -0.2) is 43.2 Å². The summed E-state index contributed by atoms with van der Waals surface area (Å²) in [5.74, 6) is 0.155. The van der Waals surface area contributed by atoms with Crippen LogP contribution in [0, 0.1) is 10.8 Å². The number of carbonyl (C=O) groups excluding carboxylic acids is 1. The number of nitrogens with zero attached hydrogens (tertiary/aromatic N) is 1. The molecule has 4 heteroatoms. The average Bonchev–Trinajstić information content (AvgIpc) is 2.69. The molecular formula is C15H28N2O2. The third kappa shape index (κ3) is 2.79. The monoisotopic (exact) mass is 268 g/mol. The maximum absolute atomic E-state index is 12.7. The van der Waals surface area contributed by atoms with Crippen LogP contribution in [-0.2, 0) is 9.53 Å². The van der Waals surface area contributed by atoms with E-state index < -0.39 is 5.41 Å². The predicted octanol–water partition coefficient (Wildman–Crippen LogP) is 1.78. The molecule has 0 aromatic rings. The van der Waals surface area contributed by atoms with Gasteiger partial charge in [-0.3, -0.25) is 4.79 Å². The lowest BCUT2D eigenvalue weighted by Gasteiger charge is -2.41. The summed E-state index contributed by atoms with van der Waals surface area (Å²) in [6.45, 7) is 7.51. The molecule has 1 saturated heterocycles. The largest absolute Gasteiger partial charge is 0.379 e. The Bertz CT molecular complexity index is 346. The minimum atomic E-state index is -0.540. The molecule has 1 heterocycles. The second-order valence-corrected chi connectivity index (χ2v) is 7.35. The summed E-state index contributed by atoms with van der Waals surface area (Å²) in [6, 6.07) is 0.188. The molecular weight excluding hydrogens is 240 g/mol. The van der Waals surface area contributed by atoms with E-state index in [0.717, 1.165) is 12.8 Å². The fourth-order valence-corrected chi connectivity index (χ4v) is 3.25. The summed E-state index contributed by atoms with van der Waals surface area (Å²) in [4.78, 5) is 14.6. The molecule has 2 atom stereocenters. The summed E-state index contributed by atoms with van der Waals surface area (Å²) < 4.78 is 5.39. The van der Waals surface area contributed by atoms with Gasteiger partial charge in [0.2, 0.25) is 5.91 Å². The van der Waals surface area contributed by atoms with Gasteiger partial charge in [0.25, 0.3) is 0 Å². The number of hydrogen-bond donors (Lipinski definition) is 1. The Balaban J connectivity index is 2.00. The summed E-state index contributed by atoms with van der Waals surface area (Å²) >= 11 is 0. The predicted molar refractivity (Wildman–Crippen MR) is 75.7 cm³/mol. The van der Waals surface area contributed by atoms with Gasteiger partial charge in [-0.05, 0) is 38.0 Å². The van der Waals surface area contributed by atoms with Crippen molar-refractivity contribution in [3.63, 3.8) is 0 Å². The molecule has 0 bridgehead atoms. The standard InChI is InChI=1S/C15H28N2O2/c1-14(2)7-5-11(6-8-14)17(4)13(18)15(3)10-19-9-12(15)16/h11-12H,5-10,16H2,1-4H3. The molecule has 1 amide bonds. The van der Waals surface area contributed by atoms with Gasteiger partial charge >= 0.3 is 0 Å². The van der Waals surface area contributed by atoms with Crippen LogP contribution in [0.2, 0.25) is 0 Å². The van der Waals surface area contributed by atoms with E-state index in [9.17, 15) is 4.79 Å². The van der Waals surface area contributed by atoms with E-state index >= 15 is 0 Å². The lowest BCUT2D eigenvalue weighted by Crippen LogP contribution is -2.53. The van der Waals surface area contributed by atoms with Crippen molar-refractivity contribution in [2.24, 2.45) is 16.6 Å². The number of rotatable bonds is 2. The molecule has 2 fully saturated rings. The van der Waals surface area contributed by atoms with E-state index in [-0.39, 0.29) is 11.9 Å². The normalized spacial score (nSPS) is 35.3. The molecule has 0 radical (unpaired) electrons. The van der Waals surface area contributed by atoms with Crippen LogP contribution in [0.4, 0.5) is 0 Å². The van der Waals surface area contributed by atoms with Crippen molar-refractivity contribution < 1.29 is 9.53 Å².